The molecule has 0 radical (unpaired) electrons. The third kappa shape index (κ3) is 1.67. The van der Waals surface area contributed by atoms with Crippen LogP contribution in [0.3, 0.4) is 0 Å². The monoisotopic (exact) mass is 154 g/mol. The lowest BCUT2D eigenvalue weighted by Crippen LogP contribution is -2.24. The zero-order valence-electron chi connectivity index (χ0n) is 7.01. The third-order valence-electron chi connectivity index (χ3n) is 1.53. The topological polar surface area (TPSA) is 45.8 Å². The van der Waals surface area contributed by atoms with E-state index in [1.54, 1.807) is 12.3 Å². The molecule has 0 saturated carbocycles. The number of H-pyrrole nitrogens is 1. The smallest absolute Gasteiger partial charge is 0.267 e. The van der Waals surface area contributed by atoms with Gasteiger partial charge in [0.25, 0.3) is 5.56 Å². The van der Waals surface area contributed by atoms with Crippen molar-refractivity contribution >= 4 is 0 Å². The molecule has 0 aliphatic rings. The van der Waals surface area contributed by atoms with Crippen molar-refractivity contribution in [1.82, 2.24) is 10.2 Å². The van der Waals surface area contributed by atoms with Crippen LogP contribution in [0.5, 0.6) is 0 Å². The summed E-state index contributed by atoms with van der Waals surface area (Å²) in [6.45, 7) is 5.99. The van der Waals surface area contributed by atoms with Crippen LogP contribution in [0, 0.1) is 0 Å². The van der Waals surface area contributed by atoms with E-state index in [1.807, 2.05) is 20.8 Å². The largest absolute Gasteiger partial charge is 0.268 e. The molecule has 0 bridgehead atoms. The highest BCUT2D eigenvalue weighted by atomic mass is 16.1. The first-order valence-corrected chi connectivity index (χ1v) is 3.56. The Morgan fingerprint density at radius 1 is 1.55 bits per heavy atom. The van der Waals surface area contributed by atoms with Crippen LogP contribution in [0.1, 0.15) is 27.8 Å². The van der Waals surface area contributed by atoms with Crippen LogP contribution in [-0.4, -0.2) is 10.2 Å². The van der Waals surface area contributed by atoms with E-state index in [4.69, 9.17) is 0 Å². The molecule has 0 fully saturated rings. The number of nitrogens with zero attached hydrogens (tertiary/aromatic N) is 1. The summed E-state index contributed by atoms with van der Waals surface area (Å²) in [6, 6.07) is 1.75. The zero-order chi connectivity index (χ0) is 8.48. The van der Waals surface area contributed by atoms with Crippen molar-refractivity contribution in [2.75, 3.05) is 0 Å². The van der Waals surface area contributed by atoms with E-state index in [0.717, 1.165) is 5.56 Å². The van der Waals surface area contributed by atoms with Gasteiger partial charge in [-0.05, 0) is 11.5 Å². The molecule has 0 saturated heterocycles. The third-order valence-corrected chi connectivity index (χ3v) is 1.53. The van der Waals surface area contributed by atoms with Crippen molar-refractivity contribution in [3.63, 3.8) is 0 Å². The van der Waals surface area contributed by atoms with Gasteiger partial charge >= 0.3 is 0 Å². The van der Waals surface area contributed by atoms with Gasteiger partial charge in [0.2, 0.25) is 0 Å². The molecule has 1 aromatic rings. The van der Waals surface area contributed by atoms with Crippen molar-refractivity contribution < 1.29 is 1.43 Å². The quantitative estimate of drug-likeness (QED) is 0.612. The highest BCUT2D eigenvalue weighted by Crippen LogP contribution is 2.16. The first-order chi connectivity index (χ1) is 5.02. The van der Waals surface area contributed by atoms with Crippen LogP contribution < -0.4 is 5.56 Å². The Morgan fingerprint density at radius 3 is 2.55 bits per heavy atom. The van der Waals surface area contributed by atoms with Gasteiger partial charge in [-0.3, -0.25) is 4.79 Å². The number of hydrogen-bond acceptors (Lipinski definition) is 2. The van der Waals surface area contributed by atoms with Crippen LogP contribution in [0.4, 0.5) is 0 Å². The Balaban J connectivity index is 0.00000121. The number of nitrogens with one attached hydrogen (secondary N) is 1. The number of aromatic amines is 1. The van der Waals surface area contributed by atoms with E-state index in [-0.39, 0.29) is 12.4 Å². The summed E-state index contributed by atoms with van der Waals surface area (Å²) >= 11 is 0. The van der Waals surface area contributed by atoms with Crippen LogP contribution in [-0.2, 0) is 5.41 Å². The molecular weight excluding hydrogens is 140 g/mol. The van der Waals surface area contributed by atoms with Gasteiger partial charge in [0, 0.05) is 13.2 Å². The number of hydrogen-bond donors (Lipinski definition) is 1. The second-order valence-electron chi connectivity index (χ2n) is 3.55. The van der Waals surface area contributed by atoms with Gasteiger partial charge in [-0.15, -0.1) is 0 Å². The van der Waals surface area contributed by atoms with Crippen molar-refractivity contribution in [1.29, 1.82) is 0 Å². The molecule has 0 aromatic carbocycles. The van der Waals surface area contributed by atoms with Crippen LogP contribution in [0.25, 0.3) is 0 Å². The van der Waals surface area contributed by atoms with Crippen molar-refractivity contribution in [2.24, 2.45) is 0 Å². The first-order valence-electron chi connectivity index (χ1n) is 3.56. The molecule has 0 unspecified atom stereocenters. The van der Waals surface area contributed by atoms with E-state index in [1.165, 1.54) is 0 Å². The van der Waals surface area contributed by atoms with Crippen LogP contribution in [0.15, 0.2) is 17.1 Å². The molecule has 0 aliphatic heterocycles. The predicted octanol–water partition coefficient (Wildman–Crippen LogP) is 1.31. The van der Waals surface area contributed by atoms with Gasteiger partial charge in [0.05, 0.1) is 0 Å². The summed E-state index contributed by atoms with van der Waals surface area (Å²) in [5.41, 5.74) is 0.573. The Kier molecular flexibility index (Phi) is 1.81. The normalized spacial score (nSPS) is 11.5. The highest BCUT2D eigenvalue weighted by Gasteiger charge is 2.16. The lowest BCUT2D eigenvalue weighted by atomic mass is 9.88. The molecule has 0 aliphatic carbocycles. The van der Waals surface area contributed by atoms with Crippen molar-refractivity contribution in [2.45, 2.75) is 26.2 Å². The summed E-state index contributed by atoms with van der Waals surface area (Å²) in [4.78, 5) is 11.1. The molecule has 0 atom stereocenters. The van der Waals surface area contributed by atoms with E-state index in [0.29, 0.717) is 0 Å². The van der Waals surface area contributed by atoms with Gasteiger partial charge < -0.3 is 0 Å². The maximum absolute atomic E-state index is 11.1. The Bertz CT molecular complexity index is 300. The van der Waals surface area contributed by atoms with Gasteiger partial charge in [0.1, 0.15) is 0 Å². The average molecular weight is 154 g/mol. The fraction of sp³-hybridized carbons (Fsp3) is 0.500. The molecule has 1 rings (SSSR count). The van der Waals surface area contributed by atoms with Gasteiger partial charge in [0.15, 0.2) is 0 Å². The lowest BCUT2D eigenvalue weighted by molar-refractivity contribution is 0.578. The predicted molar refractivity (Wildman–Crippen MR) is 45.7 cm³/mol. The lowest BCUT2D eigenvalue weighted by Gasteiger charge is -2.16. The Morgan fingerprint density at radius 2 is 2.18 bits per heavy atom. The maximum atomic E-state index is 11.1. The van der Waals surface area contributed by atoms with Crippen LogP contribution in [0.2, 0.25) is 0 Å². The van der Waals surface area contributed by atoms with Crippen molar-refractivity contribution in [3.8, 4) is 0 Å². The molecule has 1 N–H and O–H groups in total. The molecule has 3 heteroatoms. The zero-order valence-corrected chi connectivity index (χ0v) is 7.01. The molecule has 1 heterocycles. The highest BCUT2D eigenvalue weighted by molar-refractivity contribution is 5.16. The minimum atomic E-state index is -0.101. The summed E-state index contributed by atoms with van der Waals surface area (Å²) in [5, 5.41) is 6.02. The molecule has 11 heavy (non-hydrogen) atoms. The standard InChI is InChI=1S/C8H12N2O.H2/c1-8(2,3)6-4-5-9-10-7(6)11;/h4-5H,1-3H3,(H,10,11);1H. The summed E-state index contributed by atoms with van der Waals surface area (Å²) in [5.74, 6) is 0. The minimum absolute atomic E-state index is 0. The summed E-state index contributed by atoms with van der Waals surface area (Å²) in [7, 11) is 0. The Hall–Kier alpha value is -1.12. The molecule has 0 amide bonds. The fourth-order valence-electron chi connectivity index (χ4n) is 0.934. The fourth-order valence-corrected chi connectivity index (χ4v) is 0.934. The van der Waals surface area contributed by atoms with Gasteiger partial charge in [-0.25, -0.2) is 5.10 Å². The van der Waals surface area contributed by atoms with Gasteiger partial charge in [-0.2, -0.15) is 5.10 Å². The Labute approximate surface area is 66.9 Å². The summed E-state index contributed by atoms with van der Waals surface area (Å²) < 4.78 is 0. The molecule has 1 aromatic heterocycles. The van der Waals surface area contributed by atoms with Crippen LogP contribution >= 0.6 is 0 Å². The molecule has 62 valence electrons. The molecule has 0 spiro atoms. The summed E-state index contributed by atoms with van der Waals surface area (Å²) in [6.07, 6.45) is 1.60. The van der Waals surface area contributed by atoms with Crippen molar-refractivity contribution in [3.05, 3.63) is 28.2 Å². The SMILES string of the molecule is CC(C)(C)c1ccn[nH]c1=O.[HH]. The van der Waals surface area contributed by atoms with Gasteiger partial charge in [-0.1, -0.05) is 20.8 Å². The molecular formula is C8H14N2O. The van der Waals surface area contributed by atoms with E-state index in [9.17, 15) is 4.79 Å². The molecule has 3 nitrogen and oxygen atoms in total. The number of rotatable bonds is 0. The van der Waals surface area contributed by atoms with E-state index in [2.05, 4.69) is 10.2 Å². The maximum Gasteiger partial charge on any atom is 0.267 e. The van der Waals surface area contributed by atoms with E-state index >= 15 is 0 Å². The van der Waals surface area contributed by atoms with E-state index < -0.39 is 0 Å². The second-order valence-corrected chi connectivity index (χ2v) is 3.55. The number of aromatic nitrogens is 2. The minimum Gasteiger partial charge on any atom is -0.268 e. The first kappa shape index (κ1) is 7.98. The second kappa shape index (κ2) is 2.49. The average Bonchev–Trinajstić information content (AvgIpc) is 1.86.